The maximum Gasteiger partial charge on any atom is 0.0316 e. The zero-order valence-corrected chi connectivity index (χ0v) is 48.6. The molecule has 0 spiro atoms. The molecular formula is C72H68N2P4. The van der Waals surface area contributed by atoms with Crippen LogP contribution in [0.15, 0.2) is 273 Å². The minimum absolute atomic E-state index is 0.457. The molecule has 0 bridgehead atoms. The third-order valence-corrected chi connectivity index (χ3v) is 28.8. The molecule has 0 amide bonds. The molecule has 2 aliphatic rings. The van der Waals surface area contributed by atoms with E-state index in [4.69, 9.17) is 0 Å². The zero-order chi connectivity index (χ0) is 52.8. The van der Waals surface area contributed by atoms with Crippen LogP contribution in [0.25, 0.3) is 22.3 Å². The fourth-order valence-corrected chi connectivity index (χ4v) is 26.7. The third-order valence-electron chi connectivity index (χ3n) is 16.1. The second-order valence-electron chi connectivity index (χ2n) is 21.1. The Labute approximate surface area is 469 Å². The average molecular weight is 1090 g/mol. The lowest BCUT2D eigenvalue weighted by Gasteiger charge is -2.40. The zero-order valence-electron chi connectivity index (χ0n) is 45.0. The number of nitrogens with zero attached hydrogens (tertiary/aromatic N) is 2. The smallest absolute Gasteiger partial charge is 0.0316 e. The fraction of sp³-hybridized carbons (Fsp3) is 0.167. The maximum absolute atomic E-state index is 2.90. The summed E-state index contributed by atoms with van der Waals surface area (Å²) >= 11 is 0. The average Bonchev–Trinajstić information content (AvgIpc) is 4.21. The van der Waals surface area contributed by atoms with Gasteiger partial charge in [-0.25, -0.2) is 0 Å². The SMILES string of the molecule is Cc1ccc([C@@H]2CC[C@@H](c3ccc(Cc4cc(-c5ccccc5)cc(P(c5cccc(-c6ccccc6)c5)N(C)P5[C@H](c6ccccc6)CC[C@H]5c5ccccc5)c4)cc3)P2N(C)P(c2ccccc2)c2ccccc2)cc1. The van der Waals surface area contributed by atoms with E-state index in [0.29, 0.717) is 22.6 Å². The third kappa shape index (κ3) is 11.5. The van der Waals surface area contributed by atoms with Crippen molar-refractivity contribution in [2.75, 3.05) is 14.1 Å². The van der Waals surface area contributed by atoms with Crippen molar-refractivity contribution in [3.63, 3.8) is 0 Å². The number of hydrogen-bond acceptors (Lipinski definition) is 2. The molecule has 2 nitrogen and oxygen atoms in total. The van der Waals surface area contributed by atoms with Gasteiger partial charge in [-0.05, 0) is 164 Å². The fourth-order valence-electron chi connectivity index (χ4n) is 12.4. The van der Waals surface area contributed by atoms with Crippen LogP contribution in [0.5, 0.6) is 0 Å². The number of benzene rings is 10. The van der Waals surface area contributed by atoms with Crippen molar-refractivity contribution in [1.82, 2.24) is 8.88 Å². The minimum Gasteiger partial charge on any atom is -0.254 e. The molecule has 0 aliphatic carbocycles. The molecule has 10 aromatic carbocycles. The van der Waals surface area contributed by atoms with E-state index in [-0.39, 0.29) is 0 Å². The summed E-state index contributed by atoms with van der Waals surface area (Å²) in [5.41, 5.74) is 16.9. The van der Waals surface area contributed by atoms with Crippen LogP contribution in [0, 0.1) is 6.92 Å². The van der Waals surface area contributed by atoms with Gasteiger partial charge in [0.25, 0.3) is 0 Å². The van der Waals surface area contributed by atoms with E-state index in [0.717, 1.165) is 6.42 Å². The minimum atomic E-state index is -0.988. The summed E-state index contributed by atoms with van der Waals surface area (Å²) in [6.45, 7) is 2.21. The van der Waals surface area contributed by atoms with Gasteiger partial charge < -0.3 is 0 Å². The molecule has 78 heavy (non-hydrogen) atoms. The molecule has 2 aliphatic heterocycles. The van der Waals surface area contributed by atoms with Gasteiger partial charge >= 0.3 is 0 Å². The Morgan fingerprint density at radius 1 is 0.321 bits per heavy atom. The van der Waals surface area contributed by atoms with Crippen molar-refractivity contribution in [2.45, 2.75) is 61.7 Å². The highest BCUT2D eigenvalue weighted by Gasteiger charge is 2.44. The molecule has 0 saturated carbocycles. The molecule has 0 N–H and O–H groups in total. The molecule has 386 valence electrons. The predicted octanol–water partition coefficient (Wildman–Crippen LogP) is 18.8. The van der Waals surface area contributed by atoms with Crippen LogP contribution in [-0.2, 0) is 6.42 Å². The van der Waals surface area contributed by atoms with Gasteiger partial charge in [0.2, 0.25) is 0 Å². The highest BCUT2D eigenvalue weighted by Crippen LogP contribution is 2.77. The first-order valence-corrected chi connectivity index (χ1v) is 33.2. The topological polar surface area (TPSA) is 6.48 Å². The van der Waals surface area contributed by atoms with Crippen molar-refractivity contribution >= 4 is 53.5 Å². The summed E-state index contributed by atoms with van der Waals surface area (Å²) in [4.78, 5) is 0. The van der Waals surface area contributed by atoms with E-state index >= 15 is 0 Å². The van der Waals surface area contributed by atoms with E-state index in [1.165, 1.54) is 108 Å². The van der Waals surface area contributed by atoms with Gasteiger partial charge in [-0.15, -0.1) is 0 Å². The summed E-state index contributed by atoms with van der Waals surface area (Å²) in [7, 11) is 1.93. The highest BCUT2D eigenvalue weighted by molar-refractivity contribution is 7.80. The second-order valence-corrected chi connectivity index (χ2v) is 31.4. The van der Waals surface area contributed by atoms with Crippen LogP contribution in [0.2, 0.25) is 0 Å². The predicted molar refractivity (Wildman–Crippen MR) is 341 cm³/mol. The van der Waals surface area contributed by atoms with Crippen LogP contribution in [0.3, 0.4) is 0 Å². The van der Waals surface area contributed by atoms with E-state index in [1.807, 2.05) is 0 Å². The van der Waals surface area contributed by atoms with Crippen molar-refractivity contribution < 1.29 is 0 Å². The highest BCUT2D eigenvalue weighted by atomic mass is 31.2. The molecule has 10 aromatic rings. The first-order valence-electron chi connectivity index (χ1n) is 27.8. The Bertz CT molecular complexity index is 3430. The second kappa shape index (κ2) is 24.5. The van der Waals surface area contributed by atoms with Gasteiger partial charge in [0.1, 0.15) is 0 Å². The molecule has 2 saturated heterocycles. The van der Waals surface area contributed by atoms with Gasteiger partial charge in [0.05, 0.1) is 0 Å². The van der Waals surface area contributed by atoms with Gasteiger partial charge in [-0.1, -0.05) is 260 Å². The lowest BCUT2D eigenvalue weighted by Crippen LogP contribution is -2.25. The molecule has 0 radical (unpaired) electrons. The van der Waals surface area contributed by atoms with Crippen LogP contribution >= 0.6 is 32.3 Å². The first kappa shape index (κ1) is 52.5. The largest absolute Gasteiger partial charge is 0.254 e. The van der Waals surface area contributed by atoms with Gasteiger partial charge in [-0.3, -0.25) is 8.88 Å². The summed E-state index contributed by atoms with van der Waals surface area (Å²) in [5.74, 6) is 0. The van der Waals surface area contributed by atoms with Crippen molar-refractivity contribution in [1.29, 1.82) is 0 Å². The molecule has 2 heterocycles. The Morgan fingerprint density at radius 2 is 0.679 bits per heavy atom. The van der Waals surface area contributed by atoms with E-state index < -0.39 is 32.3 Å². The number of aryl methyl sites for hydroxylation is 1. The lowest BCUT2D eigenvalue weighted by molar-refractivity contribution is 0.765. The lowest BCUT2D eigenvalue weighted by atomic mass is 9.97. The molecule has 6 heteroatoms. The Balaban J connectivity index is 0.933. The summed E-state index contributed by atoms with van der Waals surface area (Å²) in [6, 6.07) is 104. The maximum atomic E-state index is 2.90. The summed E-state index contributed by atoms with van der Waals surface area (Å²) in [5, 5.41) is 5.64. The molecule has 6 atom stereocenters. The Kier molecular flexibility index (Phi) is 16.5. The van der Waals surface area contributed by atoms with Crippen molar-refractivity contribution in [3.8, 4) is 22.3 Å². The monoisotopic (exact) mass is 1080 g/mol. The quantitative estimate of drug-likeness (QED) is 0.0890. The molecule has 2 unspecified atom stereocenters. The number of hydrogen-bond donors (Lipinski definition) is 0. The van der Waals surface area contributed by atoms with Crippen molar-refractivity contribution in [2.24, 2.45) is 0 Å². The van der Waals surface area contributed by atoms with Gasteiger partial charge in [-0.2, -0.15) is 0 Å². The van der Waals surface area contributed by atoms with E-state index in [9.17, 15) is 0 Å². The van der Waals surface area contributed by atoms with Gasteiger partial charge in [0.15, 0.2) is 0 Å². The standard InChI is InChI=1S/C72H68N2P4/c1-54-37-41-61(42-38-54)71-47-48-72(78(71)73(2)75(65-32-18-8-19-33-65)66-34-20-9-21-35-66)62-43-39-55(40-44-62)49-56-50-64(58-25-12-5-13-26-58)53-68(51-56)76(67-36-22-31-63(52-67)57-23-10-4-11-24-57)74(3)77-69(59-27-14-6-15-28-59)45-46-70(77)60-29-16-7-17-30-60/h4-44,50-53,69-72H,45-49H2,1-3H3/t69-,70-,71-,72-,76?,78?/m0/s1. The van der Waals surface area contributed by atoms with Gasteiger partial charge in [0, 0.05) is 38.8 Å². The first-order chi connectivity index (χ1) is 38.4. The van der Waals surface area contributed by atoms with Crippen LogP contribution in [0.4, 0.5) is 0 Å². The molecular weight excluding hydrogens is 1020 g/mol. The van der Waals surface area contributed by atoms with E-state index in [2.05, 4.69) is 303 Å². The normalized spacial score (nSPS) is 18.9. The number of rotatable bonds is 16. The Hall–Kier alpha value is -6.16. The molecule has 12 rings (SSSR count). The summed E-state index contributed by atoms with van der Waals surface area (Å²) in [6.07, 6.45) is 5.61. The van der Waals surface area contributed by atoms with Crippen molar-refractivity contribution in [3.05, 3.63) is 312 Å². The molecule has 0 aromatic heterocycles. The van der Waals surface area contributed by atoms with Crippen LogP contribution in [0.1, 0.15) is 87.3 Å². The van der Waals surface area contributed by atoms with E-state index in [1.54, 1.807) is 0 Å². The van der Waals surface area contributed by atoms with Crippen LogP contribution < -0.4 is 21.2 Å². The van der Waals surface area contributed by atoms with Crippen LogP contribution in [-0.4, -0.2) is 23.0 Å². The molecule has 2 fully saturated rings. The summed E-state index contributed by atoms with van der Waals surface area (Å²) < 4.78 is 5.76. The Morgan fingerprint density at radius 3 is 1.15 bits per heavy atom.